The van der Waals surface area contributed by atoms with Crippen LogP contribution in [0.3, 0.4) is 0 Å². The van der Waals surface area contributed by atoms with Crippen LogP contribution in [-0.4, -0.2) is 25.1 Å². The minimum absolute atomic E-state index is 0.0469. The second-order valence-electron chi connectivity index (χ2n) is 17.1. The van der Waals surface area contributed by atoms with Crippen LogP contribution in [0.2, 0.25) is 0 Å². The number of allylic oxidation sites excluding steroid dienone is 2. The van der Waals surface area contributed by atoms with E-state index < -0.39 is 5.54 Å². The summed E-state index contributed by atoms with van der Waals surface area (Å²) in [6.45, 7) is 7.10. The smallest absolute Gasteiger partial charge is 0.234 e. The summed E-state index contributed by atoms with van der Waals surface area (Å²) in [7, 11) is 0. The van der Waals surface area contributed by atoms with Gasteiger partial charge in [-0.3, -0.25) is 4.90 Å². The molecule has 7 aromatic carbocycles. The van der Waals surface area contributed by atoms with Gasteiger partial charge in [-0.05, 0) is 82.3 Å². The van der Waals surface area contributed by atoms with Crippen LogP contribution in [0.15, 0.2) is 194 Å². The number of anilines is 2. The molecule has 0 fully saturated rings. The molecule has 0 bridgehead atoms. The van der Waals surface area contributed by atoms with Crippen LogP contribution < -0.4 is 4.90 Å². The molecule has 1 aliphatic heterocycles. The summed E-state index contributed by atoms with van der Waals surface area (Å²) in [5.74, 6) is 1.98. The molecule has 0 saturated carbocycles. The minimum Gasteiger partial charge on any atom is -0.309 e. The highest BCUT2D eigenvalue weighted by Gasteiger charge is 2.53. The van der Waals surface area contributed by atoms with E-state index in [1.165, 1.54) is 49.6 Å². The van der Waals surface area contributed by atoms with Crippen molar-refractivity contribution < 1.29 is 0 Å². The first kappa shape index (κ1) is 34.7. The Kier molecular flexibility index (Phi) is 7.40. The molecule has 3 aliphatic rings. The van der Waals surface area contributed by atoms with E-state index in [1.807, 2.05) is 36.4 Å². The molecule has 286 valence electrons. The Labute approximate surface area is 349 Å². The summed E-state index contributed by atoms with van der Waals surface area (Å²) in [5, 5.41) is 2.46. The minimum atomic E-state index is -0.518. The first-order valence-corrected chi connectivity index (χ1v) is 20.8. The topological polar surface area (TPSA) is 46.8 Å². The van der Waals surface area contributed by atoms with Crippen LogP contribution in [0.25, 0.3) is 67.0 Å². The van der Waals surface area contributed by atoms with Crippen LogP contribution in [0.5, 0.6) is 0 Å². The van der Waals surface area contributed by atoms with E-state index in [0.29, 0.717) is 17.6 Å². The van der Waals surface area contributed by atoms with Crippen molar-refractivity contribution in [3.05, 3.63) is 210 Å². The van der Waals surface area contributed by atoms with Crippen molar-refractivity contribution in [2.75, 3.05) is 4.90 Å². The molecular weight excluding hydrogens is 731 g/mol. The van der Waals surface area contributed by atoms with Gasteiger partial charge in [-0.2, -0.15) is 9.97 Å². The summed E-state index contributed by atoms with van der Waals surface area (Å²) >= 11 is 0. The van der Waals surface area contributed by atoms with Gasteiger partial charge in [0.2, 0.25) is 5.95 Å². The zero-order chi connectivity index (χ0) is 40.2. The highest BCUT2D eigenvalue weighted by Crippen LogP contribution is 2.61. The fourth-order valence-electron chi connectivity index (χ4n) is 10.3. The summed E-state index contributed by atoms with van der Waals surface area (Å²) in [6, 6.07) is 62.8. The molecule has 2 aromatic heterocycles. The number of para-hydroxylation sites is 2. The quantitative estimate of drug-likeness (QED) is 0.175. The van der Waals surface area contributed by atoms with Crippen LogP contribution in [0.1, 0.15) is 43.4 Å². The molecule has 0 N–H and O–H groups in total. The van der Waals surface area contributed by atoms with Crippen LogP contribution >= 0.6 is 0 Å². The number of hydrogen-bond donors (Lipinski definition) is 0. The average molecular weight is 772 g/mol. The van der Waals surface area contributed by atoms with Crippen molar-refractivity contribution in [2.24, 2.45) is 0 Å². The predicted molar refractivity (Wildman–Crippen MR) is 246 cm³/mol. The molecule has 0 spiro atoms. The van der Waals surface area contributed by atoms with E-state index in [-0.39, 0.29) is 11.3 Å². The number of nitrogens with zero attached hydrogens (tertiary/aromatic N) is 5. The Bertz CT molecular complexity index is 3190. The van der Waals surface area contributed by atoms with Gasteiger partial charge < -0.3 is 4.57 Å². The third-order valence-corrected chi connectivity index (χ3v) is 13.2. The van der Waals surface area contributed by atoms with Gasteiger partial charge in [-0.1, -0.05) is 166 Å². The number of fused-ring (bicyclic) bond motifs is 9. The molecule has 0 radical (unpaired) electrons. The average Bonchev–Trinajstić information content (AvgIpc) is 3.85. The SMILES string of the molecule is CC1(C)C2=CC3(C)C(C=C2c2ccccc21)c1ccc(-c2ccc4c(c2)c2ccccc2n4-c2ccccc2)cc1N3c1nc(-c2ccccc2)nc(-c2ccccc2)n1. The Hall–Kier alpha value is -7.37. The zero-order valence-electron chi connectivity index (χ0n) is 33.7. The largest absolute Gasteiger partial charge is 0.309 e. The second-order valence-corrected chi connectivity index (χ2v) is 17.1. The summed E-state index contributed by atoms with van der Waals surface area (Å²) in [6.07, 6.45) is 5.06. The first-order chi connectivity index (χ1) is 29.4. The fourth-order valence-corrected chi connectivity index (χ4v) is 10.3. The molecule has 2 atom stereocenters. The van der Waals surface area contributed by atoms with Gasteiger partial charge in [0.15, 0.2) is 11.6 Å². The van der Waals surface area contributed by atoms with Crippen molar-refractivity contribution in [1.29, 1.82) is 0 Å². The standard InChI is InChI=1S/C55H41N5/c1-54(2)45-25-15-13-23-40(45)43-33-46-42-29-27-38(37-28-30-49-44(31-37)41-24-14-16-26-48(41)59(49)39-21-11-6-12-22-39)32-50(42)60(55(46,3)34-47(43)54)53-57-51(35-17-7-4-8-18-35)56-52(58-53)36-19-9-5-10-20-36/h4-34,46H,1-3H3. The lowest BCUT2D eigenvalue weighted by Crippen LogP contribution is -2.44. The second kappa shape index (κ2) is 12.8. The molecular formula is C55H41N5. The maximum atomic E-state index is 5.37. The molecule has 5 nitrogen and oxygen atoms in total. The summed E-state index contributed by atoms with van der Waals surface area (Å²) in [5.41, 5.74) is 14.8. The van der Waals surface area contributed by atoms with Gasteiger partial charge in [0.1, 0.15) is 0 Å². The lowest BCUT2D eigenvalue weighted by Gasteiger charge is -2.41. The fraction of sp³-hybridized carbons (Fsp3) is 0.109. The van der Waals surface area contributed by atoms with Crippen LogP contribution in [0, 0.1) is 0 Å². The van der Waals surface area contributed by atoms with Crippen LogP contribution in [0.4, 0.5) is 11.6 Å². The van der Waals surface area contributed by atoms with E-state index in [4.69, 9.17) is 15.0 Å². The van der Waals surface area contributed by atoms with Gasteiger partial charge in [0.25, 0.3) is 0 Å². The summed E-state index contributed by atoms with van der Waals surface area (Å²) < 4.78 is 2.37. The van der Waals surface area contributed by atoms with Crippen molar-refractivity contribution in [1.82, 2.24) is 19.5 Å². The summed E-state index contributed by atoms with van der Waals surface area (Å²) in [4.78, 5) is 18.2. The molecule has 0 saturated heterocycles. The number of aromatic nitrogens is 4. The number of rotatable bonds is 5. The molecule has 0 amide bonds. The first-order valence-electron chi connectivity index (χ1n) is 20.8. The Morgan fingerprint density at radius 1 is 0.517 bits per heavy atom. The number of benzene rings is 7. The van der Waals surface area contributed by atoms with Gasteiger partial charge in [-0.15, -0.1) is 0 Å². The third-order valence-electron chi connectivity index (χ3n) is 13.2. The van der Waals surface area contributed by atoms with Gasteiger partial charge in [0.05, 0.1) is 16.6 Å². The molecule has 12 rings (SSSR count). The normalized spacial score (nSPS) is 18.4. The van der Waals surface area contributed by atoms with Crippen molar-refractivity contribution in [3.8, 4) is 39.6 Å². The van der Waals surface area contributed by atoms with E-state index in [1.54, 1.807) is 0 Å². The number of hydrogen-bond acceptors (Lipinski definition) is 4. The molecule has 2 unspecified atom stereocenters. The lowest BCUT2D eigenvalue weighted by atomic mass is 9.71. The molecule has 60 heavy (non-hydrogen) atoms. The Balaban J connectivity index is 1.09. The highest BCUT2D eigenvalue weighted by atomic mass is 15.3. The molecule has 9 aromatic rings. The highest BCUT2D eigenvalue weighted by molar-refractivity contribution is 6.10. The van der Waals surface area contributed by atoms with Gasteiger partial charge >= 0.3 is 0 Å². The lowest BCUT2D eigenvalue weighted by molar-refractivity contribution is 0.520. The van der Waals surface area contributed by atoms with Crippen molar-refractivity contribution in [3.63, 3.8) is 0 Å². The molecule has 2 aliphatic carbocycles. The molecule has 3 heterocycles. The maximum Gasteiger partial charge on any atom is 0.234 e. The Morgan fingerprint density at radius 3 is 1.85 bits per heavy atom. The van der Waals surface area contributed by atoms with E-state index in [2.05, 4.69) is 182 Å². The van der Waals surface area contributed by atoms with Gasteiger partial charge in [0, 0.05) is 44.6 Å². The third kappa shape index (κ3) is 5.02. The van der Waals surface area contributed by atoms with E-state index >= 15 is 0 Å². The van der Waals surface area contributed by atoms with Crippen molar-refractivity contribution >= 4 is 39.0 Å². The monoisotopic (exact) mass is 771 g/mol. The predicted octanol–water partition coefficient (Wildman–Crippen LogP) is 13.3. The van der Waals surface area contributed by atoms with Gasteiger partial charge in [-0.25, -0.2) is 4.98 Å². The van der Waals surface area contributed by atoms with Crippen LogP contribution in [-0.2, 0) is 5.41 Å². The van der Waals surface area contributed by atoms with Crippen molar-refractivity contribution in [2.45, 2.75) is 37.6 Å². The zero-order valence-corrected chi connectivity index (χ0v) is 33.7. The van der Waals surface area contributed by atoms with E-state index in [9.17, 15) is 0 Å². The molecule has 5 heteroatoms. The Morgan fingerprint density at radius 2 is 1.12 bits per heavy atom. The van der Waals surface area contributed by atoms with E-state index in [0.717, 1.165) is 33.6 Å². The maximum absolute atomic E-state index is 5.37.